The van der Waals surface area contributed by atoms with E-state index < -0.39 is 17.0 Å². The summed E-state index contributed by atoms with van der Waals surface area (Å²) >= 11 is 23.0. The van der Waals surface area contributed by atoms with Crippen LogP contribution in [0.15, 0.2) is 0 Å². The van der Waals surface area contributed by atoms with E-state index in [0.29, 0.717) is 26.2 Å². The van der Waals surface area contributed by atoms with Gasteiger partial charge in [-0.05, 0) is 0 Å². The van der Waals surface area contributed by atoms with Gasteiger partial charge < -0.3 is 0 Å². The molecule has 0 aromatic rings. The summed E-state index contributed by atoms with van der Waals surface area (Å²) in [6.45, 7) is 9.76. The molecule has 0 saturated carbocycles. The minimum atomic E-state index is -3.31. The maximum Gasteiger partial charge on any atom is 0.347 e. The maximum absolute atomic E-state index is 13.2. The van der Waals surface area contributed by atoms with Crippen LogP contribution >= 0.6 is 54.1 Å². The van der Waals surface area contributed by atoms with Crippen molar-refractivity contribution in [3.05, 3.63) is 0 Å². The van der Waals surface area contributed by atoms with E-state index in [1.165, 1.54) is 0 Å². The predicted molar refractivity (Wildman–Crippen MR) is 84.5 cm³/mol. The fourth-order valence-corrected chi connectivity index (χ4v) is 4.74. The van der Waals surface area contributed by atoms with Gasteiger partial charge in [-0.15, -0.1) is 0 Å². The second-order valence-electron chi connectivity index (χ2n) is 3.73. The van der Waals surface area contributed by atoms with Crippen molar-refractivity contribution in [3.8, 4) is 0 Å². The van der Waals surface area contributed by atoms with Crippen LogP contribution in [0, 0.1) is 0 Å². The van der Waals surface area contributed by atoms with Crippen LogP contribution in [0.1, 0.15) is 27.7 Å². The van der Waals surface area contributed by atoms with E-state index in [4.69, 9.17) is 50.9 Å². The molecule has 0 aliphatic heterocycles. The van der Waals surface area contributed by atoms with Crippen LogP contribution in [0.2, 0.25) is 0 Å². The Morgan fingerprint density at radius 2 is 1.32 bits per heavy atom. The fraction of sp³-hybridized carbons (Fsp3) is 1.00. The molecular formula is C10H21Cl4N2O2P. The van der Waals surface area contributed by atoms with E-state index in [2.05, 4.69) is 0 Å². The van der Waals surface area contributed by atoms with Crippen LogP contribution in [0.25, 0.3) is 0 Å². The molecule has 4 nitrogen and oxygen atoms in total. The first kappa shape index (κ1) is 20.3. The minimum Gasteiger partial charge on any atom is -0.282 e. The van der Waals surface area contributed by atoms with Gasteiger partial charge in [0, 0.05) is 26.2 Å². The molecule has 0 heterocycles. The third-order valence-corrected chi connectivity index (χ3v) is 7.18. The van der Waals surface area contributed by atoms with Crippen LogP contribution in [-0.2, 0) is 9.09 Å². The molecule has 0 saturated heterocycles. The van der Waals surface area contributed by atoms with Crippen molar-refractivity contribution in [2.75, 3.05) is 26.2 Å². The lowest BCUT2D eigenvalue weighted by Crippen LogP contribution is -2.36. The first-order valence-corrected chi connectivity index (χ1v) is 9.27. The standard InChI is InChI=1S/C10H21Cl4N2O2P/c1-5-15(6-2)19(17,16(7-3)8-4)18-9(11)10(12,13)14/h9H,5-8H2,1-4H3. The van der Waals surface area contributed by atoms with E-state index in [1.807, 2.05) is 27.7 Å². The van der Waals surface area contributed by atoms with Crippen LogP contribution in [0.4, 0.5) is 0 Å². The Morgan fingerprint density at radius 1 is 1.00 bits per heavy atom. The van der Waals surface area contributed by atoms with Crippen LogP contribution in [-0.4, -0.2) is 44.9 Å². The average molecular weight is 374 g/mol. The van der Waals surface area contributed by atoms with Crippen molar-refractivity contribution in [2.24, 2.45) is 0 Å². The molecular weight excluding hydrogens is 353 g/mol. The summed E-state index contributed by atoms with van der Waals surface area (Å²) in [6, 6.07) is 0. The highest BCUT2D eigenvalue weighted by molar-refractivity contribution is 7.54. The smallest absolute Gasteiger partial charge is 0.282 e. The van der Waals surface area contributed by atoms with Gasteiger partial charge in [0.05, 0.1) is 0 Å². The van der Waals surface area contributed by atoms with Gasteiger partial charge in [0.1, 0.15) is 0 Å². The molecule has 0 spiro atoms. The molecule has 19 heavy (non-hydrogen) atoms. The zero-order valence-electron chi connectivity index (χ0n) is 11.6. The average Bonchev–Trinajstić information content (AvgIpc) is 2.30. The van der Waals surface area contributed by atoms with Gasteiger partial charge >= 0.3 is 7.67 Å². The Bertz CT molecular complexity index is 290. The molecule has 1 atom stereocenters. The van der Waals surface area contributed by atoms with Gasteiger partial charge in [-0.2, -0.15) is 0 Å². The fourth-order valence-electron chi connectivity index (χ4n) is 1.65. The number of rotatable bonds is 8. The monoisotopic (exact) mass is 372 g/mol. The van der Waals surface area contributed by atoms with Crippen molar-refractivity contribution in [1.29, 1.82) is 0 Å². The van der Waals surface area contributed by atoms with Crippen LogP contribution in [0.3, 0.4) is 0 Å². The van der Waals surface area contributed by atoms with Gasteiger partial charge in [-0.3, -0.25) is 9.09 Å². The zero-order chi connectivity index (χ0) is 15.3. The van der Waals surface area contributed by atoms with E-state index in [0.717, 1.165) is 0 Å². The zero-order valence-corrected chi connectivity index (χ0v) is 15.5. The Labute approximate surface area is 135 Å². The molecule has 0 aliphatic rings. The third-order valence-electron chi connectivity index (χ3n) is 2.66. The Balaban J connectivity index is 5.34. The summed E-state index contributed by atoms with van der Waals surface area (Å²) in [5.41, 5.74) is -1.29. The van der Waals surface area contributed by atoms with Crippen LogP contribution < -0.4 is 0 Å². The van der Waals surface area contributed by atoms with Crippen molar-refractivity contribution in [3.63, 3.8) is 0 Å². The molecule has 0 rings (SSSR count). The third kappa shape index (κ3) is 5.52. The largest absolute Gasteiger partial charge is 0.347 e. The molecule has 0 amide bonds. The highest BCUT2D eigenvalue weighted by Crippen LogP contribution is 2.57. The van der Waals surface area contributed by atoms with Crippen molar-refractivity contribution in [2.45, 2.75) is 37.1 Å². The lowest BCUT2D eigenvalue weighted by atomic mass is 10.7. The summed E-state index contributed by atoms with van der Waals surface area (Å²) in [4.78, 5) is 0. The van der Waals surface area contributed by atoms with E-state index in [9.17, 15) is 4.57 Å². The van der Waals surface area contributed by atoms with Crippen LogP contribution in [0.5, 0.6) is 0 Å². The van der Waals surface area contributed by atoms with Gasteiger partial charge in [0.2, 0.25) is 3.79 Å². The van der Waals surface area contributed by atoms with Gasteiger partial charge in [-0.25, -0.2) is 9.34 Å². The van der Waals surface area contributed by atoms with E-state index in [1.54, 1.807) is 9.34 Å². The number of halogens is 4. The highest BCUT2D eigenvalue weighted by Gasteiger charge is 2.43. The molecule has 0 radical (unpaired) electrons. The molecule has 0 N–H and O–H groups in total. The number of hydrogen-bond acceptors (Lipinski definition) is 2. The molecule has 1 unspecified atom stereocenters. The first-order valence-electron chi connectivity index (χ1n) is 6.17. The molecule has 0 aromatic heterocycles. The molecule has 0 fully saturated rings. The lowest BCUT2D eigenvalue weighted by molar-refractivity contribution is 0.198. The molecule has 116 valence electrons. The normalized spacial score (nSPS) is 15.3. The molecule has 0 aromatic carbocycles. The maximum atomic E-state index is 13.2. The topological polar surface area (TPSA) is 32.8 Å². The van der Waals surface area contributed by atoms with Gasteiger partial charge in [-0.1, -0.05) is 74.1 Å². The molecule has 0 bridgehead atoms. The number of alkyl halides is 4. The predicted octanol–water partition coefficient (Wildman–Crippen LogP) is 4.73. The van der Waals surface area contributed by atoms with Crippen molar-refractivity contribution in [1.82, 2.24) is 9.34 Å². The summed E-state index contributed by atoms with van der Waals surface area (Å²) in [5, 5.41) is 0. The summed E-state index contributed by atoms with van der Waals surface area (Å²) in [6.07, 6.45) is 0. The quantitative estimate of drug-likeness (QED) is 0.454. The number of nitrogens with zero attached hydrogens (tertiary/aromatic N) is 2. The van der Waals surface area contributed by atoms with Gasteiger partial charge in [0.25, 0.3) is 0 Å². The highest BCUT2D eigenvalue weighted by atomic mass is 35.6. The van der Waals surface area contributed by atoms with E-state index in [-0.39, 0.29) is 0 Å². The second kappa shape index (κ2) is 8.65. The summed E-state index contributed by atoms with van der Waals surface area (Å²) < 4.78 is 20.2. The SMILES string of the molecule is CCN(CC)P(=O)(OC(Cl)C(Cl)(Cl)Cl)N(CC)CC. The second-order valence-corrected chi connectivity index (χ2v) is 8.82. The van der Waals surface area contributed by atoms with Gasteiger partial charge in [0.15, 0.2) is 5.56 Å². The first-order chi connectivity index (χ1) is 8.67. The van der Waals surface area contributed by atoms with E-state index >= 15 is 0 Å². The minimum absolute atomic E-state index is 0.549. The van der Waals surface area contributed by atoms with Crippen molar-refractivity contribution >= 4 is 54.1 Å². The Hall–Kier alpha value is 1.27. The van der Waals surface area contributed by atoms with Crippen molar-refractivity contribution < 1.29 is 9.09 Å². The molecule has 0 aliphatic carbocycles. The summed E-state index contributed by atoms with van der Waals surface area (Å²) in [7, 11) is -3.31. The Morgan fingerprint density at radius 3 is 1.53 bits per heavy atom. The summed E-state index contributed by atoms with van der Waals surface area (Å²) in [5.74, 6) is 0. The number of hydrogen-bond donors (Lipinski definition) is 0. The lowest BCUT2D eigenvalue weighted by Gasteiger charge is -2.38. The molecule has 9 heteroatoms. The Kier molecular flexibility index (Phi) is 9.23.